The van der Waals surface area contributed by atoms with E-state index in [0.717, 1.165) is 16.5 Å². The molecule has 1 heterocycles. The summed E-state index contributed by atoms with van der Waals surface area (Å²) in [5.74, 6) is -0.866. The van der Waals surface area contributed by atoms with Crippen molar-refractivity contribution < 1.29 is 9.72 Å². The van der Waals surface area contributed by atoms with Crippen molar-refractivity contribution in [2.45, 2.75) is 11.3 Å². The molecular weight excluding hydrogens is 344 g/mol. The summed E-state index contributed by atoms with van der Waals surface area (Å²) in [6.07, 6.45) is 9.06. The molecule has 7 nitrogen and oxygen atoms in total. The van der Waals surface area contributed by atoms with Crippen LogP contribution in [0.4, 0.5) is 5.69 Å². The molecule has 0 aliphatic heterocycles. The number of nitro groups is 1. The lowest BCUT2D eigenvalue weighted by atomic mass is 9.65. The minimum Gasteiger partial charge on any atom is -0.369 e. The third-order valence-electron chi connectivity index (χ3n) is 5.05. The van der Waals surface area contributed by atoms with Crippen molar-refractivity contribution in [1.82, 2.24) is 10.2 Å². The normalized spacial score (nSPS) is 21.4. The van der Waals surface area contributed by atoms with Gasteiger partial charge in [0.05, 0.1) is 16.6 Å². The van der Waals surface area contributed by atoms with Gasteiger partial charge in [0.15, 0.2) is 0 Å². The van der Waals surface area contributed by atoms with Crippen LogP contribution in [-0.4, -0.2) is 21.0 Å². The van der Waals surface area contributed by atoms with Gasteiger partial charge in [0, 0.05) is 23.4 Å². The third-order valence-corrected chi connectivity index (χ3v) is 5.05. The first-order valence-electron chi connectivity index (χ1n) is 8.36. The molecule has 2 aromatic carbocycles. The van der Waals surface area contributed by atoms with Gasteiger partial charge in [0.1, 0.15) is 5.41 Å². The van der Waals surface area contributed by atoms with Crippen LogP contribution in [0, 0.1) is 10.1 Å². The summed E-state index contributed by atoms with van der Waals surface area (Å²) >= 11 is 0. The SMILES string of the molecule is NC(=O)C1(c2ccc([N+](=O)[O-])cc2)C=CC=CC1c1ccc2[nH]ncc2c1. The van der Waals surface area contributed by atoms with Crippen molar-refractivity contribution >= 4 is 22.5 Å². The molecule has 1 amide bonds. The number of allylic oxidation sites excluding steroid dienone is 3. The molecule has 3 N–H and O–H groups in total. The van der Waals surface area contributed by atoms with E-state index >= 15 is 0 Å². The predicted octanol–water partition coefficient (Wildman–Crippen LogP) is 3.10. The zero-order valence-electron chi connectivity index (χ0n) is 14.2. The van der Waals surface area contributed by atoms with Crippen LogP contribution in [0.1, 0.15) is 17.0 Å². The second-order valence-corrected chi connectivity index (χ2v) is 6.48. The van der Waals surface area contributed by atoms with Crippen molar-refractivity contribution in [2.75, 3.05) is 0 Å². The molecular formula is C20H16N4O3. The lowest BCUT2D eigenvalue weighted by Crippen LogP contribution is -2.45. The van der Waals surface area contributed by atoms with E-state index in [4.69, 9.17) is 5.73 Å². The van der Waals surface area contributed by atoms with Crippen LogP contribution in [0.25, 0.3) is 10.9 Å². The van der Waals surface area contributed by atoms with E-state index in [1.807, 2.05) is 30.4 Å². The number of nitrogens with zero attached hydrogens (tertiary/aromatic N) is 2. The number of nitro benzene ring substituents is 1. The fourth-order valence-electron chi connectivity index (χ4n) is 3.68. The number of nitrogens with two attached hydrogens (primary N) is 1. The maximum atomic E-state index is 12.7. The summed E-state index contributed by atoms with van der Waals surface area (Å²) in [5, 5.41) is 18.8. The number of amides is 1. The lowest BCUT2D eigenvalue weighted by molar-refractivity contribution is -0.384. The minimum absolute atomic E-state index is 0.0370. The second-order valence-electron chi connectivity index (χ2n) is 6.48. The number of carbonyl (C=O) groups excluding carboxylic acids is 1. The Hall–Kier alpha value is -3.74. The fourth-order valence-corrected chi connectivity index (χ4v) is 3.68. The van der Waals surface area contributed by atoms with Gasteiger partial charge in [-0.2, -0.15) is 5.10 Å². The Balaban J connectivity index is 1.88. The molecule has 1 aliphatic carbocycles. The summed E-state index contributed by atoms with van der Waals surface area (Å²) < 4.78 is 0. The molecule has 134 valence electrons. The number of fused-ring (bicyclic) bond motifs is 1. The molecule has 0 bridgehead atoms. The summed E-state index contributed by atoms with van der Waals surface area (Å²) in [7, 11) is 0. The Bertz CT molecular complexity index is 1100. The van der Waals surface area contributed by atoms with Gasteiger partial charge in [-0.05, 0) is 23.3 Å². The number of aromatic nitrogens is 2. The monoisotopic (exact) mass is 360 g/mol. The average Bonchev–Trinajstić information content (AvgIpc) is 3.15. The third kappa shape index (κ3) is 2.60. The quantitative estimate of drug-likeness (QED) is 0.549. The van der Waals surface area contributed by atoms with Gasteiger partial charge >= 0.3 is 0 Å². The van der Waals surface area contributed by atoms with Crippen LogP contribution in [0.15, 0.2) is 73.0 Å². The molecule has 2 atom stereocenters. The van der Waals surface area contributed by atoms with Crippen molar-refractivity contribution in [2.24, 2.45) is 5.73 Å². The van der Waals surface area contributed by atoms with Gasteiger partial charge in [-0.15, -0.1) is 0 Å². The minimum atomic E-state index is -1.14. The topological polar surface area (TPSA) is 115 Å². The maximum Gasteiger partial charge on any atom is 0.269 e. The molecule has 1 aliphatic rings. The van der Waals surface area contributed by atoms with Gasteiger partial charge in [-0.25, -0.2) is 0 Å². The van der Waals surface area contributed by atoms with Crippen molar-refractivity contribution in [3.8, 4) is 0 Å². The molecule has 0 fully saturated rings. The first-order chi connectivity index (χ1) is 13.0. The maximum absolute atomic E-state index is 12.7. The number of aromatic amines is 1. The summed E-state index contributed by atoms with van der Waals surface area (Å²) in [6, 6.07) is 11.8. The molecule has 2 unspecified atom stereocenters. The number of hydrogen-bond donors (Lipinski definition) is 2. The number of nitrogens with one attached hydrogen (secondary N) is 1. The molecule has 7 heteroatoms. The number of primary amides is 1. The van der Waals surface area contributed by atoms with E-state index in [-0.39, 0.29) is 11.6 Å². The number of non-ortho nitro benzene ring substituents is 1. The van der Waals surface area contributed by atoms with Crippen LogP contribution in [0.5, 0.6) is 0 Å². The van der Waals surface area contributed by atoms with E-state index in [2.05, 4.69) is 10.2 Å². The Kier molecular flexibility index (Phi) is 3.84. The number of hydrogen-bond acceptors (Lipinski definition) is 4. The lowest BCUT2D eigenvalue weighted by Gasteiger charge is -2.36. The predicted molar refractivity (Wildman–Crippen MR) is 101 cm³/mol. The van der Waals surface area contributed by atoms with Gasteiger partial charge in [0.2, 0.25) is 5.91 Å². The fraction of sp³-hybridized carbons (Fsp3) is 0.100. The number of rotatable bonds is 4. The van der Waals surface area contributed by atoms with Crippen LogP contribution in [-0.2, 0) is 10.2 Å². The Morgan fingerprint density at radius 3 is 2.67 bits per heavy atom. The van der Waals surface area contributed by atoms with E-state index in [1.54, 1.807) is 30.5 Å². The Morgan fingerprint density at radius 1 is 1.19 bits per heavy atom. The molecule has 0 radical (unpaired) electrons. The number of carbonyl (C=O) groups is 1. The zero-order chi connectivity index (χ0) is 19.0. The first-order valence-corrected chi connectivity index (χ1v) is 8.36. The zero-order valence-corrected chi connectivity index (χ0v) is 14.2. The summed E-state index contributed by atoms with van der Waals surface area (Å²) in [5.41, 5.74) is 7.11. The van der Waals surface area contributed by atoms with Gasteiger partial charge in [-0.3, -0.25) is 20.0 Å². The van der Waals surface area contributed by atoms with Crippen LogP contribution < -0.4 is 5.73 Å². The second kappa shape index (κ2) is 6.21. The van der Waals surface area contributed by atoms with E-state index in [9.17, 15) is 14.9 Å². The van der Waals surface area contributed by atoms with Crippen LogP contribution >= 0.6 is 0 Å². The van der Waals surface area contributed by atoms with Gasteiger partial charge in [0.25, 0.3) is 5.69 Å². The molecule has 1 aromatic heterocycles. The number of H-pyrrole nitrogens is 1. The molecule has 3 aromatic rings. The van der Waals surface area contributed by atoms with E-state index in [1.165, 1.54) is 12.1 Å². The van der Waals surface area contributed by atoms with Gasteiger partial charge in [-0.1, -0.05) is 42.5 Å². The Morgan fingerprint density at radius 2 is 1.96 bits per heavy atom. The number of benzene rings is 2. The molecule has 4 rings (SSSR count). The highest BCUT2D eigenvalue weighted by molar-refractivity contribution is 5.92. The Labute approximate surface area is 154 Å². The van der Waals surface area contributed by atoms with Crippen LogP contribution in [0.3, 0.4) is 0 Å². The van der Waals surface area contributed by atoms with Crippen molar-refractivity contribution in [3.63, 3.8) is 0 Å². The first kappa shape index (κ1) is 16.7. The van der Waals surface area contributed by atoms with Gasteiger partial charge < -0.3 is 5.73 Å². The molecule has 0 saturated carbocycles. The standard InChI is InChI=1S/C20H16N4O3/c21-19(25)20(15-5-7-16(8-6-15)24(26)27)10-2-1-3-17(20)13-4-9-18-14(11-13)12-22-23-18/h1-12,17H,(H2,21,25)(H,22,23). The largest absolute Gasteiger partial charge is 0.369 e. The summed E-state index contributed by atoms with van der Waals surface area (Å²) in [4.78, 5) is 23.2. The van der Waals surface area contributed by atoms with E-state index < -0.39 is 16.2 Å². The average molecular weight is 360 g/mol. The van der Waals surface area contributed by atoms with Crippen molar-refractivity contribution in [3.05, 3.63) is 94.2 Å². The smallest absolute Gasteiger partial charge is 0.269 e. The van der Waals surface area contributed by atoms with Crippen molar-refractivity contribution in [1.29, 1.82) is 0 Å². The highest BCUT2D eigenvalue weighted by Crippen LogP contribution is 2.44. The highest BCUT2D eigenvalue weighted by Gasteiger charge is 2.44. The highest BCUT2D eigenvalue weighted by atomic mass is 16.6. The molecule has 0 saturated heterocycles. The van der Waals surface area contributed by atoms with Crippen LogP contribution in [0.2, 0.25) is 0 Å². The molecule has 27 heavy (non-hydrogen) atoms. The molecule has 0 spiro atoms. The summed E-state index contributed by atoms with van der Waals surface area (Å²) in [6.45, 7) is 0. The van der Waals surface area contributed by atoms with E-state index in [0.29, 0.717) is 5.56 Å².